The van der Waals surface area contributed by atoms with Crippen molar-refractivity contribution in [3.8, 4) is 17.1 Å². The van der Waals surface area contributed by atoms with E-state index in [2.05, 4.69) is 15.1 Å². The smallest absolute Gasteiger partial charge is 0.277 e. The molecule has 3 heterocycles. The summed E-state index contributed by atoms with van der Waals surface area (Å²) >= 11 is 0. The minimum Gasteiger partial charge on any atom is -0.507 e. The van der Waals surface area contributed by atoms with E-state index in [1.54, 1.807) is 13.8 Å². The number of hydrogen-bond donors (Lipinski definition) is 3. The zero-order valence-corrected chi connectivity index (χ0v) is 18.1. The highest BCUT2D eigenvalue weighted by Crippen LogP contribution is 2.32. The normalized spacial score (nSPS) is 20.0. The lowest BCUT2D eigenvalue weighted by molar-refractivity contribution is -0.0187. The minimum absolute atomic E-state index is 0.00450. The molecule has 1 aromatic carbocycles. The molecule has 1 unspecified atom stereocenters. The van der Waals surface area contributed by atoms with Gasteiger partial charge in [0, 0.05) is 20.2 Å². The van der Waals surface area contributed by atoms with Crippen molar-refractivity contribution in [2.24, 2.45) is 0 Å². The lowest BCUT2D eigenvalue weighted by Gasteiger charge is -2.22. The molecule has 1 saturated heterocycles. The van der Waals surface area contributed by atoms with E-state index in [4.69, 9.17) is 4.74 Å². The van der Waals surface area contributed by atoms with E-state index in [1.807, 2.05) is 0 Å². The fourth-order valence-corrected chi connectivity index (χ4v) is 5.43. The molecule has 0 aliphatic carbocycles. The van der Waals surface area contributed by atoms with Crippen molar-refractivity contribution in [1.29, 1.82) is 0 Å². The van der Waals surface area contributed by atoms with Crippen molar-refractivity contribution in [3.05, 3.63) is 40.1 Å². The Kier molecular flexibility index (Phi) is 5.12. The van der Waals surface area contributed by atoms with Crippen LogP contribution in [0.25, 0.3) is 16.9 Å². The molecule has 12 heteroatoms. The summed E-state index contributed by atoms with van der Waals surface area (Å²) in [5.41, 5.74) is -0.872. The van der Waals surface area contributed by atoms with Gasteiger partial charge in [-0.05, 0) is 38.5 Å². The molecule has 0 bridgehead atoms. The molecule has 11 nitrogen and oxygen atoms in total. The fraction of sp³-hybridized carbons (Fsp3) is 0.421. The van der Waals surface area contributed by atoms with Crippen LogP contribution in [-0.2, 0) is 14.8 Å². The number of aliphatic hydroxyl groups is 1. The third kappa shape index (κ3) is 3.61. The van der Waals surface area contributed by atoms with E-state index < -0.39 is 21.2 Å². The predicted molar refractivity (Wildman–Crippen MR) is 110 cm³/mol. The van der Waals surface area contributed by atoms with E-state index in [-0.39, 0.29) is 53.7 Å². The van der Waals surface area contributed by atoms with Crippen LogP contribution in [0.15, 0.2) is 27.9 Å². The van der Waals surface area contributed by atoms with Gasteiger partial charge in [-0.2, -0.15) is 4.31 Å². The Morgan fingerprint density at radius 3 is 2.77 bits per heavy atom. The second-order valence-corrected chi connectivity index (χ2v) is 9.67. The number of methoxy groups -OCH3 is 1. The van der Waals surface area contributed by atoms with Gasteiger partial charge in [-0.1, -0.05) is 0 Å². The molecule has 3 aromatic rings. The SMILES string of the molecule is COCC1(O)CCN(S(=O)(=O)c2ccc(O)c(-c3nn4c(C)nc(C)c4c(=O)[nH]3)c2)C1. The van der Waals surface area contributed by atoms with Gasteiger partial charge >= 0.3 is 0 Å². The van der Waals surface area contributed by atoms with Crippen LogP contribution in [0.3, 0.4) is 0 Å². The number of ether oxygens (including phenoxy) is 1. The molecule has 1 aliphatic heterocycles. The number of imidazole rings is 1. The summed E-state index contributed by atoms with van der Waals surface area (Å²) in [7, 11) is -2.52. The zero-order chi connectivity index (χ0) is 22.6. The lowest BCUT2D eigenvalue weighted by Crippen LogP contribution is -2.39. The Balaban J connectivity index is 1.77. The van der Waals surface area contributed by atoms with E-state index in [1.165, 1.54) is 34.1 Å². The monoisotopic (exact) mass is 449 g/mol. The molecule has 1 atom stereocenters. The van der Waals surface area contributed by atoms with Gasteiger partial charge in [0.05, 0.1) is 22.8 Å². The molecule has 4 rings (SSSR count). The summed E-state index contributed by atoms with van der Waals surface area (Å²) in [4.78, 5) is 19.3. The number of H-pyrrole nitrogens is 1. The highest BCUT2D eigenvalue weighted by atomic mass is 32.2. The summed E-state index contributed by atoms with van der Waals surface area (Å²) in [6, 6.07) is 3.75. The van der Waals surface area contributed by atoms with Crippen LogP contribution >= 0.6 is 0 Å². The molecule has 0 saturated carbocycles. The van der Waals surface area contributed by atoms with Crippen molar-refractivity contribution >= 4 is 15.5 Å². The average Bonchev–Trinajstić information content (AvgIpc) is 3.23. The van der Waals surface area contributed by atoms with Gasteiger partial charge in [-0.3, -0.25) is 4.79 Å². The quantitative estimate of drug-likeness (QED) is 0.499. The first-order valence-corrected chi connectivity index (χ1v) is 11.0. The highest BCUT2D eigenvalue weighted by molar-refractivity contribution is 7.89. The predicted octanol–water partition coefficient (Wildman–Crippen LogP) is 0.179. The van der Waals surface area contributed by atoms with Crippen LogP contribution in [0.1, 0.15) is 17.9 Å². The Morgan fingerprint density at radius 1 is 1.32 bits per heavy atom. The fourth-order valence-electron chi connectivity index (χ4n) is 3.88. The number of aryl methyl sites for hydroxylation is 2. The summed E-state index contributed by atoms with van der Waals surface area (Å²) in [6.45, 7) is 3.42. The van der Waals surface area contributed by atoms with Gasteiger partial charge in [0.25, 0.3) is 5.56 Å². The number of aromatic hydroxyl groups is 1. The van der Waals surface area contributed by atoms with Gasteiger partial charge in [0.15, 0.2) is 11.3 Å². The molecule has 166 valence electrons. The summed E-state index contributed by atoms with van der Waals surface area (Å²) < 4.78 is 33.8. The second-order valence-electron chi connectivity index (χ2n) is 7.73. The first-order valence-electron chi connectivity index (χ1n) is 9.57. The number of rotatable bonds is 5. The maximum atomic E-state index is 13.1. The van der Waals surface area contributed by atoms with Crippen LogP contribution in [0.4, 0.5) is 0 Å². The van der Waals surface area contributed by atoms with Crippen molar-refractivity contribution in [2.45, 2.75) is 30.8 Å². The number of nitrogens with one attached hydrogen (secondary N) is 1. The van der Waals surface area contributed by atoms with E-state index >= 15 is 0 Å². The molecule has 31 heavy (non-hydrogen) atoms. The summed E-state index contributed by atoms with van der Waals surface area (Å²) in [5, 5.41) is 25.2. The molecule has 1 aliphatic rings. The maximum absolute atomic E-state index is 13.1. The standard InChI is InChI=1S/C19H23N5O6S/c1-11-16-18(26)21-17(22-24(16)12(2)20-11)14-8-13(4-5-15(14)25)31(28,29)23-7-6-19(27,9-23)10-30-3/h4-5,8,25,27H,6-7,9-10H2,1-3H3,(H,21,22,26). The molecule has 2 aromatic heterocycles. The number of aromatic amines is 1. The maximum Gasteiger partial charge on any atom is 0.277 e. The third-order valence-corrected chi connectivity index (χ3v) is 7.25. The number of aromatic nitrogens is 4. The highest BCUT2D eigenvalue weighted by Gasteiger charge is 2.42. The lowest BCUT2D eigenvalue weighted by atomic mass is 10.1. The van der Waals surface area contributed by atoms with Crippen molar-refractivity contribution in [2.75, 3.05) is 26.8 Å². The first-order chi connectivity index (χ1) is 14.6. The van der Waals surface area contributed by atoms with Crippen molar-refractivity contribution in [1.82, 2.24) is 23.9 Å². The molecule has 1 fully saturated rings. The van der Waals surface area contributed by atoms with Crippen molar-refractivity contribution in [3.63, 3.8) is 0 Å². The number of nitrogens with zero attached hydrogens (tertiary/aromatic N) is 4. The topological polar surface area (TPSA) is 150 Å². The van der Waals surface area contributed by atoms with Crippen LogP contribution in [0.2, 0.25) is 0 Å². The number of β-amino-alcohol motifs (C(OH)–C–C–N with tert-alkyl or cyclic N) is 1. The van der Waals surface area contributed by atoms with Gasteiger partial charge in [0.1, 0.15) is 17.2 Å². The Hall–Kier alpha value is -2.80. The number of phenols is 1. The minimum atomic E-state index is -3.96. The molecule has 3 N–H and O–H groups in total. The Bertz CT molecular complexity index is 1330. The molecule has 0 spiro atoms. The van der Waals surface area contributed by atoms with E-state index in [0.717, 1.165) is 0 Å². The van der Waals surface area contributed by atoms with Crippen LogP contribution in [-0.4, -0.2) is 74.9 Å². The first kappa shape index (κ1) is 21.4. The Labute approximate surface area is 178 Å². The number of hydrogen-bond acceptors (Lipinski definition) is 8. The average molecular weight is 449 g/mol. The largest absolute Gasteiger partial charge is 0.507 e. The zero-order valence-electron chi connectivity index (χ0n) is 17.3. The van der Waals surface area contributed by atoms with Crippen LogP contribution < -0.4 is 5.56 Å². The van der Waals surface area contributed by atoms with E-state index in [0.29, 0.717) is 11.5 Å². The summed E-state index contributed by atoms with van der Waals surface area (Å²) in [6.07, 6.45) is 0.246. The summed E-state index contributed by atoms with van der Waals surface area (Å²) in [5.74, 6) is 0.246. The molecular weight excluding hydrogens is 426 g/mol. The number of sulfonamides is 1. The molecular formula is C19H23N5O6S. The molecule has 0 radical (unpaired) electrons. The van der Waals surface area contributed by atoms with Gasteiger partial charge in [-0.25, -0.2) is 17.9 Å². The number of benzene rings is 1. The second kappa shape index (κ2) is 7.41. The van der Waals surface area contributed by atoms with Crippen LogP contribution in [0, 0.1) is 13.8 Å². The number of phenolic OH excluding ortho intramolecular Hbond substituents is 1. The third-order valence-electron chi connectivity index (χ3n) is 5.41. The van der Waals surface area contributed by atoms with Gasteiger partial charge in [0.2, 0.25) is 10.0 Å². The van der Waals surface area contributed by atoms with Crippen LogP contribution in [0.5, 0.6) is 5.75 Å². The van der Waals surface area contributed by atoms with Crippen molar-refractivity contribution < 1.29 is 23.4 Å². The number of fused-ring (bicyclic) bond motifs is 1. The van der Waals surface area contributed by atoms with E-state index in [9.17, 15) is 23.4 Å². The van der Waals surface area contributed by atoms with Gasteiger partial charge in [-0.15, -0.1) is 5.10 Å². The van der Waals surface area contributed by atoms with Gasteiger partial charge < -0.3 is 19.9 Å². The Morgan fingerprint density at radius 2 is 2.06 bits per heavy atom. The molecule has 0 amide bonds.